The SMILES string of the molecule is C=C[P+]1(Cl)NP(Cl)N(Cl)P(Cl)N1. The van der Waals surface area contributed by atoms with Crippen molar-refractivity contribution in [1.29, 1.82) is 0 Å². The highest BCUT2D eigenvalue weighted by Gasteiger charge is 2.48. The monoisotopic (exact) mass is 304 g/mol. The van der Waals surface area contributed by atoms with E-state index in [1.54, 1.807) is 5.82 Å². The molecule has 0 amide bonds. The van der Waals surface area contributed by atoms with Gasteiger partial charge in [-0.15, -0.1) is 13.7 Å². The van der Waals surface area contributed by atoms with Crippen LogP contribution in [-0.2, 0) is 0 Å². The predicted molar refractivity (Wildman–Crippen MR) is 62.5 cm³/mol. The molecule has 1 saturated heterocycles. The molecule has 1 rings (SSSR count). The topological polar surface area (TPSA) is 27.3 Å². The van der Waals surface area contributed by atoms with Gasteiger partial charge < -0.3 is 0 Å². The lowest BCUT2D eigenvalue weighted by atomic mass is 11.3. The summed E-state index contributed by atoms with van der Waals surface area (Å²) >= 11 is 23.5. The largest absolute Gasteiger partial charge is 0.286 e. The standard InChI is InChI=1S/C2H5Cl4N3P3/c1-2-12(6)7-10(4)9(3)11(5)8-12/h2,7-8H,1H2/q+1. The third kappa shape index (κ3) is 2.78. The van der Waals surface area contributed by atoms with Crippen molar-refractivity contribution in [2.75, 3.05) is 0 Å². The molecule has 0 aromatic rings. The summed E-state index contributed by atoms with van der Waals surface area (Å²) in [6.45, 7) is 1.49. The molecule has 0 aromatic carbocycles. The van der Waals surface area contributed by atoms with Crippen LogP contribution in [0.2, 0.25) is 0 Å². The molecule has 10 heteroatoms. The van der Waals surface area contributed by atoms with Gasteiger partial charge in [0, 0.05) is 0 Å². The van der Waals surface area contributed by atoms with E-state index in [-0.39, 0.29) is 0 Å². The van der Waals surface area contributed by atoms with Gasteiger partial charge in [-0.05, 0) is 11.8 Å². The molecule has 0 bridgehead atoms. The van der Waals surface area contributed by atoms with Gasteiger partial charge in [-0.3, -0.25) is 0 Å². The van der Waals surface area contributed by atoms with Crippen molar-refractivity contribution in [3.05, 3.63) is 12.4 Å². The first kappa shape index (κ1) is 12.1. The maximum Gasteiger partial charge on any atom is 0.286 e. The molecule has 1 fully saturated rings. The average molecular weight is 306 g/mol. The Morgan fingerprint density at radius 3 is 2.08 bits per heavy atom. The van der Waals surface area contributed by atoms with Gasteiger partial charge in [0.05, 0.1) is 0 Å². The van der Waals surface area contributed by atoms with Gasteiger partial charge in [0.2, 0.25) is 0 Å². The Labute approximate surface area is 93.4 Å². The van der Waals surface area contributed by atoms with Gasteiger partial charge in [-0.2, -0.15) is 0 Å². The van der Waals surface area contributed by atoms with Crippen LogP contribution in [0.3, 0.4) is 0 Å². The van der Waals surface area contributed by atoms with E-state index in [1.807, 2.05) is 0 Å². The van der Waals surface area contributed by atoms with Crippen LogP contribution in [0.25, 0.3) is 0 Å². The van der Waals surface area contributed by atoms with Gasteiger partial charge in [0.25, 0.3) is 6.92 Å². The van der Waals surface area contributed by atoms with Crippen molar-refractivity contribution >= 4 is 67.6 Å². The second-order valence-electron chi connectivity index (χ2n) is 1.78. The van der Waals surface area contributed by atoms with Crippen LogP contribution in [-0.4, -0.2) is 3.96 Å². The van der Waals surface area contributed by atoms with Crippen molar-refractivity contribution in [2.45, 2.75) is 0 Å². The minimum Gasteiger partial charge on any atom is -0.114 e. The van der Waals surface area contributed by atoms with Gasteiger partial charge in [-0.25, -0.2) is 0 Å². The first-order valence-corrected chi connectivity index (χ1v) is 10.1. The van der Waals surface area contributed by atoms with E-state index >= 15 is 0 Å². The van der Waals surface area contributed by atoms with Crippen molar-refractivity contribution in [1.82, 2.24) is 13.7 Å². The van der Waals surface area contributed by atoms with Crippen LogP contribution in [0.1, 0.15) is 0 Å². The van der Waals surface area contributed by atoms with Gasteiger partial charge in [0.1, 0.15) is 17.1 Å². The van der Waals surface area contributed by atoms with Crippen LogP contribution >= 0.6 is 67.6 Å². The molecular weight excluding hydrogens is 301 g/mol. The summed E-state index contributed by atoms with van der Waals surface area (Å²) in [5, 5.41) is 0. The molecule has 3 nitrogen and oxygen atoms in total. The Morgan fingerprint density at radius 2 is 1.75 bits per heavy atom. The molecule has 70 valence electrons. The third-order valence-electron chi connectivity index (χ3n) is 0.997. The molecule has 2 atom stereocenters. The number of halogens is 4. The molecule has 0 aromatic heterocycles. The van der Waals surface area contributed by atoms with Crippen molar-refractivity contribution < 1.29 is 0 Å². The second kappa shape index (κ2) is 4.73. The number of rotatable bonds is 1. The highest BCUT2D eigenvalue weighted by Crippen LogP contribution is 2.78. The van der Waals surface area contributed by atoms with E-state index in [4.69, 9.17) is 45.5 Å². The second-order valence-corrected chi connectivity index (χ2v) is 11.5. The summed E-state index contributed by atoms with van der Waals surface area (Å²) in [6, 6.07) is 0. The molecule has 1 aliphatic heterocycles. The fourth-order valence-electron chi connectivity index (χ4n) is 0.487. The van der Waals surface area contributed by atoms with Crippen molar-refractivity contribution in [3.8, 4) is 0 Å². The number of hydrogen-bond donors (Lipinski definition) is 2. The third-order valence-corrected chi connectivity index (χ3v) is 12.8. The van der Waals surface area contributed by atoms with E-state index in [0.717, 1.165) is 0 Å². The minimum absolute atomic E-state index is 1.18. The van der Waals surface area contributed by atoms with Crippen LogP contribution in [0.5, 0.6) is 0 Å². The molecule has 0 spiro atoms. The van der Waals surface area contributed by atoms with Crippen LogP contribution in [0.4, 0.5) is 0 Å². The van der Waals surface area contributed by atoms with E-state index in [9.17, 15) is 0 Å². The normalized spacial score (nSPS) is 44.3. The van der Waals surface area contributed by atoms with Gasteiger partial charge >= 0.3 is 0 Å². The molecule has 1 heterocycles. The van der Waals surface area contributed by atoms with Crippen molar-refractivity contribution in [3.63, 3.8) is 0 Å². The lowest BCUT2D eigenvalue weighted by Crippen LogP contribution is -2.24. The fourth-order valence-corrected chi connectivity index (χ4v) is 11.8. The van der Waals surface area contributed by atoms with Crippen LogP contribution < -0.4 is 9.72 Å². The number of nitrogens with one attached hydrogen (secondary N) is 2. The molecule has 1 aliphatic rings. The van der Waals surface area contributed by atoms with Crippen LogP contribution in [0, 0.1) is 0 Å². The maximum absolute atomic E-state index is 6.06. The lowest BCUT2D eigenvalue weighted by molar-refractivity contribution is 1.13. The Balaban J connectivity index is 2.71. The minimum atomic E-state index is -2.09. The smallest absolute Gasteiger partial charge is 0.114 e. The molecule has 0 saturated carbocycles. The molecule has 12 heavy (non-hydrogen) atoms. The summed E-state index contributed by atoms with van der Waals surface area (Å²) in [5.74, 6) is 1.59. The highest BCUT2D eigenvalue weighted by molar-refractivity contribution is 8.14. The fraction of sp³-hybridized carbons (Fsp3) is 0. The molecule has 0 aliphatic carbocycles. The first-order chi connectivity index (χ1) is 5.48. The van der Waals surface area contributed by atoms with E-state index < -0.39 is 22.1 Å². The maximum atomic E-state index is 6.06. The predicted octanol–water partition coefficient (Wildman–Crippen LogP) is 4.71. The summed E-state index contributed by atoms with van der Waals surface area (Å²) < 4.78 is 1.32. The van der Waals surface area contributed by atoms with E-state index in [0.29, 0.717) is 0 Å². The molecule has 0 radical (unpaired) electrons. The zero-order chi connectivity index (χ0) is 9.35. The van der Waals surface area contributed by atoms with E-state index in [2.05, 4.69) is 16.3 Å². The van der Waals surface area contributed by atoms with Crippen LogP contribution in [0.15, 0.2) is 12.4 Å². The summed E-state index contributed by atoms with van der Waals surface area (Å²) in [6.07, 6.45) is 0. The van der Waals surface area contributed by atoms with Crippen molar-refractivity contribution in [2.24, 2.45) is 0 Å². The molecular formula is C2H5Cl4N3P3+. The highest BCUT2D eigenvalue weighted by atomic mass is 35.7. The molecule has 2 N–H and O–H groups in total. The Morgan fingerprint density at radius 1 is 1.33 bits per heavy atom. The summed E-state index contributed by atoms with van der Waals surface area (Å²) in [7, 11) is -2.37. The summed E-state index contributed by atoms with van der Waals surface area (Å²) in [4.78, 5) is 5.85. The Bertz CT molecular complexity index is 180. The average Bonchev–Trinajstić information content (AvgIpc) is 2.00. The molecule has 2 unspecified atom stereocenters. The Hall–Kier alpha value is 2.07. The zero-order valence-electron chi connectivity index (χ0n) is 5.59. The number of hydrogen-bond acceptors (Lipinski definition) is 3. The first-order valence-electron chi connectivity index (χ1n) is 2.64. The quantitative estimate of drug-likeness (QED) is 0.542. The Kier molecular flexibility index (Phi) is 4.78. The lowest BCUT2D eigenvalue weighted by Gasteiger charge is -2.32. The van der Waals surface area contributed by atoms with Gasteiger partial charge in [-0.1, -0.05) is 29.1 Å². The number of nitrogens with zero attached hydrogens (tertiary/aromatic N) is 1. The van der Waals surface area contributed by atoms with E-state index in [1.165, 1.54) is 3.96 Å². The summed E-state index contributed by atoms with van der Waals surface area (Å²) in [5.41, 5.74) is 0. The van der Waals surface area contributed by atoms with Gasteiger partial charge in [0.15, 0.2) is 15.2 Å². The zero-order valence-corrected chi connectivity index (χ0v) is 11.3.